The fourth-order valence-electron chi connectivity index (χ4n) is 4.77. The van der Waals surface area contributed by atoms with Crippen molar-refractivity contribution in [3.8, 4) is 0 Å². The van der Waals surface area contributed by atoms with E-state index in [1.54, 1.807) is 34.1 Å². The van der Waals surface area contributed by atoms with Crippen molar-refractivity contribution in [3.63, 3.8) is 0 Å². The number of fused-ring (bicyclic) bond motifs is 1. The van der Waals surface area contributed by atoms with Crippen LogP contribution in [0.15, 0.2) is 60.8 Å². The van der Waals surface area contributed by atoms with E-state index in [0.717, 1.165) is 42.6 Å². The molecule has 3 amide bonds. The number of para-hydroxylation sites is 1. The van der Waals surface area contributed by atoms with Crippen molar-refractivity contribution < 1.29 is 14.4 Å². The van der Waals surface area contributed by atoms with Crippen LogP contribution < -0.4 is 10.2 Å². The van der Waals surface area contributed by atoms with Gasteiger partial charge in [0.15, 0.2) is 0 Å². The number of hydrogen-bond donors (Lipinski definition) is 1. The summed E-state index contributed by atoms with van der Waals surface area (Å²) in [5, 5.41) is 3.87. The molecule has 2 fully saturated rings. The molecule has 3 heterocycles. The molecule has 0 radical (unpaired) electrons. The van der Waals surface area contributed by atoms with Gasteiger partial charge in [-0.1, -0.05) is 24.3 Å². The lowest BCUT2D eigenvalue weighted by Gasteiger charge is -2.35. The Hall–Kier alpha value is -3.78. The Morgan fingerprint density at radius 3 is 2.43 bits per heavy atom. The number of carbonyl (C=O) groups excluding carboxylic acids is 3. The molecule has 0 bridgehead atoms. The number of nitrogens with zero attached hydrogens (tertiary/aromatic N) is 4. The molecule has 2 saturated heterocycles. The van der Waals surface area contributed by atoms with E-state index in [2.05, 4.69) is 39.5 Å². The third kappa shape index (κ3) is 5.17. The molecule has 1 aromatic heterocycles. The predicted octanol–water partition coefficient (Wildman–Crippen LogP) is 2.44. The molecule has 5 rings (SSSR count). The van der Waals surface area contributed by atoms with Gasteiger partial charge in [0, 0.05) is 68.5 Å². The van der Waals surface area contributed by atoms with Gasteiger partial charge in [0.25, 0.3) is 5.91 Å². The zero-order valence-corrected chi connectivity index (χ0v) is 19.7. The molecule has 0 saturated carbocycles. The molecular formula is C27H29N5O3. The third-order valence-electron chi connectivity index (χ3n) is 6.75. The van der Waals surface area contributed by atoms with E-state index in [-0.39, 0.29) is 24.3 Å². The maximum Gasteiger partial charge on any atom is 0.251 e. The standard InChI is InChI=1S/C27H29N5O3/c33-24-7-3-13-32(24)23-10-8-21(9-11-23)27(35)29-18-25(34)31-16-14-30(15-17-31)19-22-5-1-4-20-6-2-12-28-26(20)22/h1-2,4-6,8-12H,3,7,13-19H2,(H,29,35). The molecule has 2 aliphatic rings. The second kappa shape index (κ2) is 10.2. The largest absolute Gasteiger partial charge is 0.343 e. The minimum Gasteiger partial charge on any atom is -0.343 e. The Balaban J connectivity index is 1.09. The average molecular weight is 472 g/mol. The van der Waals surface area contributed by atoms with E-state index >= 15 is 0 Å². The fraction of sp³-hybridized carbons (Fsp3) is 0.333. The zero-order valence-electron chi connectivity index (χ0n) is 19.7. The highest BCUT2D eigenvalue weighted by molar-refractivity contribution is 5.98. The normalized spacial score (nSPS) is 16.6. The van der Waals surface area contributed by atoms with Crippen molar-refractivity contribution in [2.45, 2.75) is 19.4 Å². The first-order chi connectivity index (χ1) is 17.1. The van der Waals surface area contributed by atoms with Gasteiger partial charge in [0.2, 0.25) is 11.8 Å². The van der Waals surface area contributed by atoms with Gasteiger partial charge in [-0.25, -0.2) is 0 Å². The fourth-order valence-corrected chi connectivity index (χ4v) is 4.77. The molecule has 3 aromatic rings. The lowest BCUT2D eigenvalue weighted by atomic mass is 10.1. The summed E-state index contributed by atoms with van der Waals surface area (Å²) in [7, 11) is 0. The summed E-state index contributed by atoms with van der Waals surface area (Å²) < 4.78 is 0. The zero-order chi connectivity index (χ0) is 24.2. The SMILES string of the molecule is O=C(NCC(=O)N1CCN(Cc2cccc3cccnc23)CC1)c1ccc(N2CCCC2=O)cc1. The van der Waals surface area contributed by atoms with Gasteiger partial charge in [-0.15, -0.1) is 0 Å². The molecule has 0 spiro atoms. The second-order valence-electron chi connectivity index (χ2n) is 9.03. The molecule has 35 heavy (non-hydrogen) atoms. The first-order valence-electron chi connectivity index (χ1n) is 12.1. The van der Waals surface area contributed by atoms with Crippen LogP contribution in [0.25, 0.3) is 10.9 Å². The van der Waals surface area contributed by atoms with Crippen LogP contribution in [0.3, 0.4) is 0 Å². The number of nitrogens with one attached hydrogen (secondary N) is 1. The van der Waals surface area contributed by atoms with Crippen molar-refractivity contribution in [1.82, 2.24) is 20.1 Å². The van der Waals surface area contributed by atoms with E-state index in [9.17, 15) is 14.4 Å². The third-order valence-corrected chi connectivity index (χ3v) is 6.75. The maximum absolute atomic E-state index is 12.7. The van der Waals surface area contributed by atoms with Gasteiger partial charge in [-0.2, -0.15) is 0 Å². The number of rotatable bonds is 6. The van der Waals surface area contributed by atoms with Crippen LogP contribution >= 0.6 is 0 Å². The summed E-state index contributed by atoms with van der Waals surface area (Å²) >= 11 is 0. The van der Waals surface area contributed by atoms with Crippen LogP contribution in [0, 0.1) is 0 Å². The number of carbonyl (C=O) groups is 3. The van der Waals surface area contributed by atoms with Crippen molar-refractivity contribution in [2.75, 3.05) is 44.2 Å². The van der Waals surface area contributed by atoms with E-state index in [1.807, 2.05) is 12.3 Å². The Bertz CT molecular complexity index is 1230. The average Bonchev–Trinajstić information content (AvgIpc) is 3.33. The number of pyridine rings is 1. The number of aromatic nitrogens is 1. The number of anilines is 1. The molecule has 180 valence electrons. The number of piperazine rings is 1. The minimum atomic E-state index is -0.292. The van der Waals surface area contributed by atoms with Crippen molar-refractivity contribution in [2.24, 2.45) is 0 Å². The summed E-state index contributed by atoms with van der Waals surface area (Å²) in [4.78, 5) is 47.5. The molecule has 8 nitrogen and oxygen atoms in total. The number of benzene rings is 2. The van der Waals surface area contributed by atoms with Crippen LogP contribution in [-0.4, -0.2) is 71.8 Å². The van der Waals surface area contributed by atoms with Crippen LogP contribution in [-0.2, 0) is 16.1 Å². The molecule has 0 aliphatic carbocycles. The lowest BCUT2D eigenvalue weighted by molar-refractivity contribution is -0.131. The van der Waals surface area contributed by atoms with E-state index in [1.165, 1.54) is 5.56 Å². The monoisotopic (exact) mass is 471 g/mol. The summed E-state index contributed by atoms with van der Waals surface area (Å²) in [6.07, 6.45) is 3.25. The van der Waals surface area contributed by atoms with Gasteiger partial charge >= 0.3 is 0 Å². The van der Waals surface area contributed by atoms with Gasteiger partial charge in [0.1, 0.15) is 0 Å². The number of hydrogen-bond acceptors (Lipinski definition) is 5. The van der Waals surface area contributed by atoms with Crippen molar-refractivity contribution >= 4 is 34.3 Å². The second-order valence-corrected chi connectivity index (χ2v) is 9.03. The minimum absolute atomic E-state index is 0.0293. The Labute approximate surface area is 204 Å². The van der Waals surface area contributed by atoms with Crippen LogP contribution in [0.5, 0.6) is 0 Å². The molecule has 0 atom stereocenters. The first kappa shape index (κ1) is 23.0. The van der Waals surface area contributed by atoms with Crippen LogP contribution in [0.1, 0.15) is 28.8 Å². The maximum atomic E-state index is 12.7. The van der Waals surface area contributed by atoms with Crippen LogP contribution in [0.2, 0.25) is 0 Å². The predicted molar refractivity (Wildman–Crippen MR) is 134 cm³/mol. The van der Waals surface area contributed by atoms with E-state index in [4.69, 9.17) is 0 Å². The Kier molecular flexibility index (Phi) is 6.72. The van der Waals surface area contributed by atoms with E-state index in [0.29, 0.717) is 31.6 Å². The van der Waals surface area contributed by atoms with Crippen LogP contribution in [0.4, 0.5) is 5.69 Å². The van der Waals surface area contributed by atoms with Gasteiger partial charge in [-0.05, 0) is 42.3 Å². The van der Waals surface area contributed by atoms with Gasteiger partial charge in [0.05, 0.1) is 12.1 Å². The molecule has 1 N–H and O–H groups in total. The Morgan fingerprint density at radius 2 is 1.69 bits per heavy atom. The number of amides is 3. The Morgan fingerprint density at radius 1 is 0.914 bits per heavy atom. The summed E-state index contributed by atoms with van der Waals surface area (Å²) in [6, 6.07) is 17.2. The van der Waals surface area contributed by atoms with E-state index < -0.39 is 0 Å². The molecule has 0 unspecified atom stereocenters. The molecule has 2 aromatic carbocycles. The van der Waals surface area contributed by atoms with Gasteiger partial charge < -0.3 is 15.1 Å². The molecular weight excluding hydrogens is 442 g/mol. The highest BCUT2D eigenvalue weighted by atomic mass is 16.2. The van der Waals surface area contributed by atoms with Crippen molar-refractivity contribution in [1.29, 1.82) is 0 Å². The molecule has 2 aliphatic heterocycles. The first-order valence-corrected chi connectivity index (χ1v) is 12.1. The summed E-state index contributed by atoms with van der Waals surface area (Å²) in [6.45, 7) is 4.30. The topological polar surface area (TPSA) is 85.8 Å². The summed E-state index contributed by atoms with van der Waals surface area (Å²) in [5.41, 5.74) is 3.49. The van der Waals surface area contributed by atoms with Crippen molar-refractivity contribution in [3.05, 3.63) is 71.9 Å². The highest BCUT2D eigenvalue weighted by Crippen LogP contribution is 2.22. The van der Waals surface area contributed by atoms with Gasteiger partial charge in [-0.3, -0.25) is 24.3 Å². The highest BCUT2D eigenvalue weighted by Gasteiger charge is 2.23. The molecule has 8 heteroatoms. The lowest BCUT2D eigenvalue weighted by Crippen LogP contribution is -2.50. The smallest absolute Gasteiger partial charge is 0.251 e. The quantitative estimate of drug-likeness (QED) is 0.597. The summed E-state index contributed by atoms with van der Waals surface area (Å²) in [5.74, 6) is -0.259.